The summed E-state index contributed by atoms with van der Waals surface area (Å²) in [7, 11) is -4.62. The number of anilines is 4. The van der Waals surface area contributed by atoms with Crippen molar-refractivity contribution in [2.75, 3.05) is 48.0 Å². The van der Waals surface area contributed by atoms with Gasteiger partial charge in [0, 0.05) is 67.2 Å². The van der Waals surface area contributed by atoms with Crippen LogP contribution >= 0.6 is 0 Å². The molecule has 5 aromatic rings. The average Bonchev–Trinajstić information content (AvgIpc) is 3.81. The summed E-state index contributed by atoms with van der Waals surface area (Å²) in [6.07, 6.45) is 12.8. The number of carbonyl (C=O) groups excluding carboxylic acids is 1. The van der Waals surface area contributed by atoms with Gasteiger partial charge in [0.1, 0.15) is 23.1 Å². The molecule has 3 atom stereocenters. The van der Waals surface area contributed by atoms with Crippen LogP contribution in [0.1, 0.15) is 125 Å². The number of sulfonamides is 1. The van der Waals surface area contributed by atoms with E-state index in [-0.39, 0.29) is 34.2 Å². The number of fused-ring (bicyclic) bond motifs is 3. The molecule has 6 aliphatic rings. The molecule has 2 aliphatic carbocycles. The molecule has 5 fully saturated rings. The van der Waals surface area contributed by atoms with Gasteiger partial charge >= 0.3 is 0 Å². The lowest BCUT2D eigenvalue weighted by Crippen LogP contribution is -2.62. The van der Waals surface area contributed by atoms with Crippen LogP contribution in [0.2, 0.25) is 0 Å². The number of benzene rings is 3. The highest BCUT2D eigenvalue weighted by molar-refractivity contribution is 7.90. The Morgan fingerprint density at radius 3 is 2.49 bits per heavy atom. The fourth-order valence-electron chi connectivity index (χ4n) is 13.2. The van der Waals surface area contributed by atoms with E-state index in [1.54, 1.807) is 6.07 Å². The third kappa shape index (κ3) is 9.19. The fourth-order valence-corrected chi connectivity index (χ4v) is 14.2. The summed E-state index contributed by atoms with van der Waals surface area (Å²) in [5.41, 5.74) is 5.11. The molecule has 0 bridgehead atoms. The van der Waals surface area contributed by atoms with E-state index in [4.69, 9.17) is 14.5 Å². The SMILES string of the molecule is Cc1ccccc1[C@@H]1CCCC(C)(C)N1C1CC2(CCN(c3ccc(C(=O)NS(=O)(=O)c4ccc(NCC5CCC(C)(O)CC5)c([N+](=O)[O-])c4)c(N4c5cc6cc[nH]c6nc5O[C@H]5COCC[C@@H]54)c3)CC2)C1. The number of H-pyrrole nitrogens is 1. The number of rotatable bonds is 11. The summed E-state index contributed by atoms with van der Waals surface area (Å²) < 4.78 is 43.1. The molecular weight excluding hydrogens is 933 g/mol. The van der Waals surface area contributed by atoms with E-state index in [9.17, 15) is 28.4 Å². The number of pyridine rings is 1. The fraction of sp³-hybridized carbons (Fsp3) is 0.527. The van der Waals surface area contributed by atoms with Crippen molar-refractivity contribution in [1.82, 2.24) is 19.6 Å². The number of aromatic nitrogens is 2. The molecule has 3 saturated heterocycles. The van der Waals surface area contributed by atoms with Gasteiger partial charge in [0.2, 0.25) is 5.88 Å². The number of likely N-dealkylation sites (tertiary alicyclic amines) is 1. The van der Waals surface area contributed by atoms with E-state index in [1.165, 1.54) is 55.4 Å². The molecule has 2 saturated carbocycles. The van der Waals surface area contributed by atoms with Gasteiger partial charge in [0.25, 0.3) is 21.6 Å². The zero-order valence-electron chi connectivity index (χ0n) is 41.9. The minimum atomic E-state index is -4.62. The Kier molecular flexibility index (Phi) is 12.6. The Bertz CT molecular complexity index is 2990. The lowest BCUT2D eigenvalue weighted by molar-refractivity contribution is -0.384. The highest BCUT2D eigenvalue weighted by atomic mass is 32.2. The molecule has 6 heterocycles. The summed E-state index contributed by atoms with van der Waals surface area (Å²) in [5, 5.41) is 26.8. The summed E-state index contributed by atoms with van der Waals surface area (Å²) in [6, 6.07) is 22.8. The zero-order valence-corrected chi connectivity index (χ0v) is 42.7. The summed E-state index contributed by atoms with van der Waals surface area (Å²) >= 11 is 0. The number of nitro benzene ring substituents is 1. The van der Waals surface area contributed by atoms with Crippen molar-refractivity contribution < 1.29 is 32.7 Å². The van der Waals surface area contributed by atoms with Crippen LogP contribution in [-0.4, -0.2) is 101 Å². The molecule has 1 amide bonds. The summed E-state index contributed by atoms with van der Waals surface area (Å²) in [4.78, 5) is 41.5. The molecule has 2 aromatic heterocycles. The van der Waals surface area contributed by atoms with Crippen LogP contribution in [0.3, 0.4) is 0 Å². The highest BCUT2D eigenvalue weighted by Crippen LogP contribution is 2.56. The Labute approximate surface area is 422 Å². The van der Waals surface area contributed by atoms with Crippen LogP contribution in [0.15, 0.2) is 83.9 Å². The van der Waals surface area contributed by atoms with Crippen molar-refractivity contribution in [2.24, 2.45) is 11.3 Å². The molecule has 0 radical (unpaired) electrons. The highest BCUT2D eigenvalue weighted by Gasteiger charge is 2.53. The van der Waals surface area contributed by atoms with E-state index in [2.05, 4.69) is 74.8 Å². The van der Waals surface area contributed by atoms with Crippen molar-refractivity contribution >= 4 is 55.4 Å². The normalized spacial score (nSPS) is 26.3. The second-order valence-electron chi connectivity index (χ2n) is 22.6. The number of hydrogen-bond acceptors (Lipinski definition) is 13. The quantitative estimate of drug-likeness (QED) is 0.0722. The number of piperidine rings is 2. The van der Waals surface area contributed by atoms with E-state index in [0.717, 1.165) is 55.9 Å². The molecule has 3 aromatic carbocycles. The molecular formula is C55H68N8O8S. The Morgan fingerprint density at radius 2 is 1.72 bits per heavy atom. The van der Waals surface area contributed by atoms with Gasteiger partial charge in [-0.15, -0.1) is 0 Å². The van der Waals surface area contributed by atoms with E-state index >= 15 is 0 Å². The Hall–Kier alpha value is -5.75. The zero-order chi connectivity index (χ0) is 50.2. The lowest BCUT2D eigenvalue weighted by atomic mass is 9.58. The number of carbonyl (C=O) groups is 1. The Balaban J connectivity index is 0.874. The number of aryl methyl sites for hydroxylation is 1. The van der Waals surface area contributed by atoms with E-state index in [0.29, 0.717) is 74.0 Å². The van der Waals surface area contributed by atoms with Crippen molar-refractivity contribution in [3.8, 4) is 5.88 Å². The van der Waals surface area contributed by atoms with E-state index < -0.39 is 43.1 Å². The molecule has 4 N–H and O–H groups in total. The van der Waals surface area contributed by atoms with Crippen LogP contribution in [0.4, 0.5) is 28.4 Å². The maximum Gasteiger partial charge on any atom is 0.293 e. The number of nitrogens with zero attached hydrogens (tertiary/aromatic N) is 5. The first-order valence-electron chi connectivity index (χ1n) is 26.0. The Morgan fingerprint density at radius 1 is 0.944 bits per heavy atom. The van der Waals surface area contributed by atoms with Crippen LogP contribution in [0.5, 0.6) is 5.88 Å². The number of aliphatic hydroxyl groups is 1. The predicted molar refractivity (Wildman–Crippen MR) is 278 cm³/mol. The van der Waals surface area contributed by atoms with Crippen molar-refractivity contribution in [3.63, 3.8) is 0 Å². The third-order valence-electron chi connectivity index (χ3n) is 17.3. The smallest absolute Gasteiger partial charge is 0.293 e. The monoisotopic (exact) mass is 1000 g/mol. The van der Waals surface area contributed by atoms with E-state index in [1.807, 2.05) is 37.4 Å². The third-order valence-corrected chi connectivity index (χ3v) is 18.7. The first kappa shape index (κ1) is 48.5. The predicted octanol–water partition coefficient (Wildman–Crippen LogP) is 9.69. The molecule has 382 valence electrons. The van der Waals surface area contributed by atoms with Crippen molar-refractivity contribution in [2.45, 2.75) is 145 Å². The van der Waals surface area contributed by atoms with Gasteiger partial charge in [-0.2, -0.15) is 4.98 Å². The van der Waals surface area contributed by atoms with Gasteiger partial charge in [0.15, 0.2) is 0 Å². The first-order valence-corrected chi connectivity index (χ1v) is 27.5. The number of ether oxygens (including phenoxy) is 2. The van der Waals surface area contributed by atoms with Gasteiger partial charge < -0.3 is 34.7 Å². The second-order valence-corrected chi connectivity index (χ2v) is 24.3. The molecule has 0 unspecified atom stereocenters. The van der Waals surface area contributed by atoms with Gasteiger partial charge in [-0.1, -0.05) is 24.3 Å². The minimum Gasteiger partial charge on any atom is -0.468 e. The molecule has 1 spiro atoms. The van der Waals surface area contributed by atoms with Crippen LogP contribution in [0.25, 0.3) is 11.0 Å². The summed E-state index contributed by atoms with van der Waals surface area (Å²) in [5.74, 6) is -0.298. The first-order chi connectivity index (χ1) is 34.5. The number of hydrogen-bond donors (Lipinski definition) is 4. The van der Waals surface area contributed by atoms with Gasteiger partial charge in [-0.25, -0.2) is 13.1 Å². The second kappa shape index (κ2) is 18.6. The van der Waals surface area contributed by atoms with Crippen LogP contribution in [-0.2, 0) is 14.8 Å². The number of nitrogens with one attached hydrogen (secondary N) is 3. The lowest BCUT2D eigenvalue weighted by Gasteiger charge is -2.61. The number of amides is 1. The van der Waals surface area contributed by atoms with Crippen LogP contribution < -0.4 is 24.6 Å². The van der Waals surface area contributed by atoms with Crippen molar-refractivity contribution in [3.05, 3.63) is 106 Å². The van der Waals surface area contributed by atoms with Gasteiger partial charge in [-0.05, 0) is 170 Å². The standard InChI is InChI=1S/C55H68N8O8S/c1-35-8-5-6-9-41(35)44-10-7-19-53(2,3)62(44)39-31-55(32-39)22-25-60(26-23-55)38-11-13-42(46(29-38)61-45-18-27-70-34-49(45)71-52-48(61)28-37-17-24-56-50(37)58-52)51(64)59-72(68,69)40-12-14-43(47(30-40)63(66)67)57-33-36-15-20-54(4,65)21-16-36/h5-6,8-9,11-14,17,24,28-30,36,39,44-45,49,57,65H,7,10,15-16,18-23,25-27,31-34H2,1-4H3,(H,56,58)(H,59,64)/t36?,44-,45-,49-,54?/m0/s1. The van der Waals surface area contributed by atoms with Crippen molar-refractivity contribution in [1.29, 1.82) is 0 Å². The molecule has 16 nitrogen and oxygen atoms in total. The molecule has 17 heteroatoms. The molecule has 11 rings (SSSR count). The summed E-state index contributed by atoms with van der Waals surface area (Å²) in [6.45, 7) is 11.8. The van der Waals surface area contributed by atoms with Gasteiger partial charge in [-0.3, -0.25) is 19.8 Å². The average molecular weight is 1000 g/mol. The number of nitro groups is 1. The maximum atomic E-state index is 14.7. The van der Waals surface area contributed by atoms with Gasteiger partial charge in [0.05, 0.1) is 39.3 Å². The van der Waals surface area contributed by atoms with Crippen LogP contribution in [0, 0.1) is 28.4 Å². The molecule has 4 aliphatic heterocycles. The minimum absolute atomic E-state index is 0.117. The molecule has 72 heavy (non-hydrogen) atoms. The largest absolute Gasteiger partial charge is 0.468 e. The topological polar surface area (TPSA) is 196 Å². The maximum absolute atomic E-state index is 14.7. The number of aromatic amines is 1.